The number of halogens is 1. The second-order valence-electron chi connectivity index (χ2n) is 2.63. The third kappa shape index (κ3) is 2.74. The van der Waals surface area contributed by atoms with Crippen LogP contribution in [0, 0.1) is 0 Å². The SMILES string of the molecule is O=Cc1ccc(Cl)c(CNC(=O)O)c1. The molecule has 0 bridgehead atoms. The second-order valence-corrected chi connectivity index (χ2v) is 3.03. The Bertz CT molecular complexity index is 365. The van der Waals surface area contributed by atoms with Crippen molar-refractivity contribution in [3.8, 4) is 0 Å². The molecule has 0 radical (unpaired) electrons. The summed E-state index contributed by atoms with van der Waals surface area (Å²) in [5.74, 6) is 0. The van der Waals surface area contributed by atoms with Gasteiger partial charge in [-0.25, -0.2) is 4.79 Å². The van der Waals surface area contributed by atoms with Gasteiger partial charge in [-0.2, -0.15) is 0 Å². The lowest BCUT2D eigenvalue weighted by Gasteiger charge is -2.04. The molecule has 1 aromatic rings. The van der Waals surface area contributed by atoms with Gasteiger partial charge >= 0.3 is 6.09 Å². The van der Waals surface area contributed by atoms with Crippen LogP contribution in [0.5, 0.6) is 0 Å². The molecule has 0 unspecified atom stereocenters. The van der Waals surface area contributed by atoms with E-state index in [2.05, 4.69) is 5.32 Å². The van der Waals surface area contributed by atoms with E-state index >= 15 is 0 Å². The first-order valence-corrected chi connectivity index (χ1v) is 4.21. The van der Waals surface area contributed by atoms with E-state index in [0.29, 0.717) is 22.4 Å². The number of nitrogens with one attached hydrogen (secondary N) is 1. The van der Waals surface area contributed by atoms with Gasteiger partial charge in [-0.05, 0) is 17.7 Å². The lowest BCUT2D eigenvalue weighted by Crippen LogP contribution is -2.20. The van der Waals surface area contributed by atoms with Crippen LogP contribution in [0.15, 0.2) is 18.2 Å². The molecule has 0 aliphatic rings. The maximum Gasteiger partial charge on any atom is 0.404 e. The molecule has 0 saturated heterocycles. The molecule has 4 nitrogen and oxygen atoms in total. The zero-order valence-electron chi connectivity index (χ0n) is 7.16. The molecule has 1 amide bonds. The van der Waals surface area contributed by atoms with Crippen molar-refractivity contribution in [2.45, 2.75) is 6.54 Å². The summed E-state index contributed by atoms with van der Waals surface area (Å²) in [5.41, 5.74) is 1.05. The largest absolute Gasteiger partial charge is 0.465 e. The van der Waals surface area contributed by atoms with E-state index < -0.39 is 6.09 Å². The van der Waals surface area contributed by atoms with Crippen molar-refractivity contribution in [1.29, 1.82) is 0 Å². The first kappa shape index (κ1) is 10.5. The Morgan fingerprint density at radius 3 is 2.86 bits per heavy atom. The van der Waals surface area contributed by atoms with Crippen molar-refractivity contribution >= 4 is 24.0 Å². The molecular formula is C9H8ClNO3. The van der Waals surface area contributed by atoms with Gasteiger partial charge in [0, 0.05) is 17.1 Å². The molecule has 5 heteroatoms. The first-order valence-electron chi connectivity index (χ1n) is 3.84. The molecule has 0 aliphatic heterocycles. The summed E-state index contributed by atoms with van der Waals surface area (Å²) >= 11 is 5.79. The minimum absolute atomic E-state index is 0.0931. The van der Waals surface area contributed by atoms with Crippen LogP contribution < -0.4 is 5.32 Å². The summed E-state index contributed by atoms with van der Waals surface area (Å²) in [6.07, 6.45) is -0.446. The molecule has 1 aromatic carbocycles. The predicted octanol–water partition coefficient (Wildman–Crippen LogP) is 1.92. The van der Waals surface area contributed by atoms with Crippen molar-refractivity contribution in [3.05, 3.63) is 34.3 Å². The van der Waals surface area contributed by atoms with E-state index in [4.69, 9.17) is 16.7 Å². The molecule has 0 heterocycles. The summed E-state index contributed by atoms with van der Waals surface area (Å²) in [7, 11) is 0. The van der Waals surface area contributed by atoms with Gasteiger partial charge in [0.1, 0.15) is 6.29 Å². The van der Waals surface area contributed by atoms with Gasteiger partial charge in [0.05, 0.1) is 0 Å². The molecule has 2 N–H and O–H groups in total. The normalized spacial score (nSPS) is 9.50. The topological polar surface area (TPSA) is 66.4 Å². The summed E-state index contributed by atoms with van der Waals surface area (Å²) in [6.45, 7) is 0.0931. The molecule has 0 aromatic heterocycles. The van der Waals surface area contributed by atoms with Crippen molar-refractivity contribution in [1.82, 2.24) is 5.32 Å². The van der Waals surface area contributed by atoms with Gasteiger partial charge in [-0.3, -0.25) is 4.79 Å². The first-order chi connectivity index (χ1) is 6.63. The van der Waals surface area contributed by atoms with Crippen molar-refractivity contribution in [2.24, 2.45) is 0 Å². The molecule has 0 aliphatic carbocycles. The Labute approximate surface area is 85.5 Å². The predicted molar refractivity (Wildman–Crippen MR) is 51.7 cm³/mol. The van der Waals surface area contributed by atoms with E-state index in [0.717, 1.165) is 0 Å². The number of benzene rings is 1. The van der Waals surface area contributed by atoms with E-state index in [1.54, 1.807) is 18.2 Å². The highest BCUT2D eigenvalue weighted by Gasteiger charge is 2.03. The number of amides is 1. The Hall–Kier alpha value is -1.55. The number of rotatable bonds is 3. The third-order valence-electron chi connectivity index (χ3n) is 1.64. The smallest absolute Gasteiger partial charge is 0.404 e. The molecule has 0 atom stereocenters. The average molecular weight is 214 g/mol. The minimum Gasteiger partial charge on any atom is -0.465 e. The Morgan fingerprint density at radius 1 is 1.57 bits per heavy atom. The molecule has 0 saturated carbocycles. The summed E-state index contributed by atoms with van der Waals surface area (Å²) in [6, 6.07) is 4.68. The Kier molecular flexibility index (Phi) is 3.48. The van der Waals surface area contributed by atoms with Crippen LogP contribution in [0.4, 0.5) is 4.79 Å². The van der Waals surface area contributed by atoms with Crippen molar-refractivity contribution in [3.63, 3.8) is 0 Å². The van der Waals surface area contributed by atoms with Crippen LogP contribution in [0.3, 0.4) is 0 Å². The zero-order valence-corrected chi connectivity index (χ0v) is 7.91. The fourth-order valence-corrected chi connectivity index (χ4v) is 1.16. The highest BCUT2D eigenvalue weighted by Crippen LogP contribution is 2.16. The lowest BCUT2D eigenvalue weighted by atomic mass is 10.1. The van der Waals surface area contributed by atoms with Gasteiger partial charge in [0.2, 0.25) is 0 Å². The molecular weight excluding hydrogens is 206 g/mol. The fourth-order valence-electron chi connectivity index (χ4n) is 0.974. The van der Waals surface area contributed by atoms with Gasteiger partial charge < -0.3 is 10.4 Å². The fraction of sp³-hybridized carbons (Fsp3) is 0.111. The van der Waals surface area contributed by atoms with E-state index in [-0.39, 0.29) is 6.54 Å². The van der Waals surface area contributed by atoms with Gasteiger partial charge in [0.25, 0.3) is 0 Å². The standard InChI is InChI=1S/C9H8ClNO3/c10-8-2-1-6(5-12)3-7(8)4-11-9(13)14/h1-3,5,11H,4H2,(H,13,14). The Morgan fingerprint density at radius 2 is 2.29 bits per heavy atom. The third-order valence-corrected chi connectivity index (χ3v) is 2.00. The van der Waals surface area contributed by atoms with Gasteiger partial charge in [-0.15, -0.1) is 0 Å². The maximum absolute atomic E-state index is 10.4. The van der Waals surface area contributed by atoms with Crippen LogP contribution in [0.1, 0.15) is 15.9 Å². The number of hydrogen-bond acceptors (Lipinski definition) is 2. The zero-order chi connectivity index (χ0) is 10.6. The van der Waals surface area contributed by atoms with E-state index in [1.165, 1.54) is 0 Å². The van der Waals surface area contributed by atoms with Crippen LogP contribution >= 0.6 is 11.6 Å². The number of aldehydes is 1. The summed E-state index contributed by atoms with van der Waals surface area (Å²) in [5, 5.41) is 11.0. The molecule has 74 valence electrons. The lowest BCUT2D eigenvalue weighted by molar-refractivity contribution is 0.112. The summed E-state index contributed by atoms with van der Waals surface area (Å²) < 4.78 is 0. The molecule has 0 fully saturated rings. The van der Waals surface area contributed by atoms with Gasteiger partial charge in [-0.1, -0.05) is 17.7 Å². The van der Waals surface area contributed by atoms with Gasteiger partial charge in [0.15, 0.2) is 0 Å². The minimum atomic E-state index is -1.13. The van der Waals surface area contributed by atoms with Crippen LogP contribution in [-0.2, 0) is 6.54 Å². The van der Waals surface area contributed by atoms with Crippen molar-refractivity contribution < 1.29 is 14.7 Å². The maximum atomic E-state index is 10.4. The number of carbonyl (C=O) groups is 2. The molecule has 0 spiro atoms. The quantitative estimate of drug-likeness (QED) is 0.754. The molecule has 14 heavy (non-hydrogen) atoms. The van der Waals surface area contributed by atoms with Crippen molar-refractivity contribution in [2.75, 3.05) is 0 Å². The van der Waals surface area contributed by atoms with Crippen LogP contribution in [0.2, 0.25) is 5.02 Å². The highest BCUT2D eigenvalue weighted by atomic mass is 35.5. The Balaban J connectivity index is 2.83. The average Bonchev–Trinajstić information content (AvgIpc) is 2.16. The number of carboxylic acid groups (broad SMARTS) is 1. The molecule has 1 rings (SSSR count). The van der Waals surface area contributed by atoms with E-state index in [9.17, 15) is 9.59 Å². The van der Waals surface area contributed by atoms with Crippen LogP contribution in [0.25, 0.3) is 0 Å². The summed E-state index contributed by atoms with van der Waals surface area (Å²) in [4.78, 5) is 20.6. The number of hydrogen-bond donors (Lipinski definition) is 2. The number of carbonyl (C=O) groups excluding carboxylic acids is 1. The van der Waals surface area contributed by atoms with Crippen LogP contribution in [-0.4, -0.2) is 17.5 Å². The second kappa shape index (κ2) is 4.62. The highest BCUT2D eigenvalue weighted by molar-refractivity contribution is 6.31. The van der Waals surface area contributed by atoms with E-state index in [1.807, 2.05) is 0 Å². The monoisotopic (exact) mass is 213 g/mol.